The quantitative estimate of drug-likeness (QED) is 0.200. The molecule has 0 aliphatic carbocycles. The van der Waals surface area contributed by atoms with E-state index in [1.54, 1.807) is 0 Å². The average Bonchev–Trinajstić information content (AvgIpc) is 3.52. The topological polar surface area (TPSA) is 13.1 Å². The number of hydrogen-bond donors (Lipinski definition) is 0. The molecule has 0 bridgehead atoms. The van der Waals surface area contributed by atoms with Gasteiger partial charge in [-0.3, -0.25) is 0 Å². The van der Waals surface area contributed by atoms with E-state index in [1.165, 1.54) is 70.5 Å². The third-order valence-electron chi connectivity index (χ3n) is 9.51. The fourth-order valence-corrected chi connectivity index (χ4v) is 8.63. The van der Waals surface area contributed by atoms with Crippen molar-refractivity contribution in [3.8, 4) is 44.5 Å². The van der Waals surface area contributed by atoms with E-state index in [0.29, 0.717) is 0 Å². The Morgan fingerprint density at radius 1 is 0.326 bits per heavy atom. The normalized spacial score (nSPS) is 12.3. The summed E-state index contributed by atoms with van der Waals surface area (Å²) < 4.78 is 6.58. The first-order chi connectivity index (χ1) is 22.8. The van der Waals surface area contributed by atoms with Crippen LogP contribution in [-0.2, 0) is 0 Å². The summed E-state index contributed by atoms with van der Waals surface area (Å²) >= 11 is 1.87. The van der Waals surface area contributed by atoms with Gasteiger partial charge in [-0.25, -0.2) is 0 Å². The molecule has 8 aromatic carbocycles. The summed E-state index contributed by atoms with van der Waals surface area (Å²) in [5.74, 6) is 0. The fraction of sp³-hybridized carbons (Fsp3) is 0. The van der Waals surface area contributed by atoms with Crippen LogP contribution in [-0.4, -0.2) is 0 Å². The Balaban J connectivity index is 1.21. The molecule has 0 N–H and O–H groups in total. The van der Waals surface area contributed by atoms with E-state index < -0.39 is 0 Å². The highest BCUT2D eigenvalue weighted by atomic mass is 32.2. The molecule has 9 aromatic rings. The van der Waals surface area contributed by atoms with Gasteiger partial charge in [-0.1, -0.05) is 145 Å². The van der Waals surface area contributed by atoms with E-state index in [2.05, 4.69) is 158 Å². The Morgan fingerprint density at radius 2 is 0.913 bits per heavy atom. The molecule has 1 aliphatic rings. The van der Waals surface area contributed by atoms with Crippen LogP contribution in [0.5, 0.6) is 0 Å². The molecule has 10 rings (SSSR count). The van der Waals surface area contributed by atoms with Crippen molar-refractivity contribution in [1.29, 1.82) is 0 Å². The molecule has 2 heterocycles. The zero-order valence-electron chi connectivity index (χ0n) is 24.8. The van der Waals surface area contributed by atoms with Gasteiger partial charge in [0, 0.05) is 31.3 Å². The first-order valence-corrected chi connectivity index (χ1v) is 16.5. The van der Waals surface area contributed by atoms with Crippen LogP contribution in [0.2, 0.25) is 0 Å². The zero-order chi connectivity index (χ0) is 30.2. The lowest BCUT2D eigenvalue weighted by atomic mass is 9.86. The molecule has 1 nitrogen and oxygen atoms in total. The lowest BCUT2D eigenvalue weighted by Gasteiger charge is -2.22. The Morgan fingerprint density at radius 3 is 1.72 bits per heavy atom. The van der Waals surface area contributed by atoms with E-state index in [9.17, 15) is 0 Å². The van der Waals surface area contributed by atoms with Crippen LogP contribution in [0.1, 0.15) is 0 Å². The number of fused-ring (bicyclic) bond motifs is 7. The minimum Gasteiger partial charge on any atom is -0.455 e. The molecule has 2 heteroatoms. The first-order valence-electron chi connectivity index (χ1n) is 15.7. The van der Waals surface area contributed by atoms with Crippen LogP contribution in [0, 0.1) is 0 Å². The van der Waals surface area contributed by atoms with E-state index in [4.69, 9.17) is 4.42 Å². The van der Waals surface area contributed by atoms with Gasteiger partial charge in [0.05, 0.1) is 0 Å². The molecule has 0 saturated carbocycles. The maximum absolute atomic E-state index is 6.58. The summed E-state index contributed by atoms with van der Waals surface area (Å²) in [6, 6.07) is 57.2. The molecular formula is C44H26OS. The lowest BCUT2D eigenvalue weighted by Crippen LogP contribution is -1.95. The molecule has 1 aromatic heterocycles. The standard InChI is InChI=1S/C44H26OS/c1-2-12-28-27(11-1)23-24-38-42-35(20-10-21-39(42)45-44(28)38)32-16-6-5-14-30(32)29-13-3-4-15-31(29)33-25-26-41-43-36(33)18-9-19-37(43)34-17-7-8-22-40(34)46-41/h1-26H. The van der Waals surface area contributed by atoms with Crippen LogP contribution in [0.25, 0.3) is 88.0 Å². The van der Waals surface area contributed by atoms with Crippen LogP contribution in [0.15, 0.2) is 172 Å². The highest BCUT2D eigenvalue weighted by Gasteiger charge is 2.22. The summed E-state index contributed by atoms with van der Waals surface area (Å²) in [6.45, 7) is 0. The molecule has 0 saturated heterocycles. The van der Waals surface area contributed by atoms with Crippen molar-refractivity contribution < 1.29 is 4.42 Å². The van der Waals surface area contributed by atoms with E-state index in [0.717, 1.165) is 27.3 Å². The summed E-state index contributed by atoms with van der Waals surface area (Å²) in [6.07, 6.45) is 0. The SMILES string of the molecule is c1ccc2c(c1)Sc1ccc(-c3ccccc3-c3ccccc3-c3cccc4oc5c6ccccc6ccc5c34)c3cccc-2c13. The van der Waals surface area contributed by atoms with Crippen molar-refractivity contribution in [3.63, 3.8) is 0 Å². The van der Waals surface area contributed by atoms with Crippen molar-refractivity contribution in [1.82, 2.24) is 0 Å². The molecular weight excluding hydrogens is 577 g/mol. The molecule has 214 valence electrons. The zero-order valence-corrected chi connectivity index (χ0v) is 25.6. The molecule has 0 spiro atoms. The molecule has 46 heavy (non-hydrogen) atoms. The van der Waals surface area contributed by atoms with Gasteiger partial charge in [-0.2, -0.15) is 0 Å². The summed E-state index contributed by atoms with van der Waals surface area (Å²) in [4.78, 5) is 2.63. The summed E-state index contributed by atoms with van der Waals surface area (Å²) in [7, 11) is 0. The number of rotatable bonds is 3. The van der Waals surface area contributed by atoms with Gasteiger partial charge in [-0.15, -0.1) is 0 Å². The van der Waals surface area contributed by atoms with Gasteiger partial charge >= 0.3 is 0 Å². The van der Waals surface area contributed by atoms with Gasteiger partial charge < -0.3 is 4.42 Å². The van der Waals surface area contributed by atoms with Gasteiger partial charge in [0.1, 0.15) is 11.2 Å². The molecule has 0 amide bonds. The van der Waals surface area contributed by atoms with Crippen LogP contribution in [0.4, 0.5) is 0 Å². The Hall–Kier alpha value is -5.57. The predicted octanol–water partition coefficient (Wildman–Crippen LogP) is 13.0. The monoisotopic (exact) mass is 602 g/mol. The van der Waals surface area contributed by atoms with Crippen LogP contribution < -0.4 is 0 Å². The molecule has 0 atom stereocenters. The van der Waals surface area contributed by atoms with Crippen LogP contribution in [0.3, 0.4) is 0 Å². The second kappa shape index (κ2) is 9.97. The number of benzene rings is 8. The molecule has 0 fully saturated rings. The molecule has 0 radical (unpaired) electrons. The smallest absolute Gasteiger partial charge is 0.143 e. The largest absolute Gasteiger partial charge is 0.455 e. The maximum atomic E-state index is 6.58. The third-order valence-corrected chi connectivity index (χ3v) is 10.6. The minimum absolute atomic E-state index is 0.910. The Labute approximate surface area is 270 Å². The number of hydrogen-bond acceptors (Lipinski definition) is 2. The van der Waals surface area contributed by atoms with Crippen LogP contribution >= 0.6 is 11.8 Å². The second-order valence-electron chi connectivity index (χ2n) is 12.0. The van der Waals surface area contributed by atoms with Gasteiger partial charge in [-0.05, 0) is 79.5 Å². The second-order valence-corrected chi connectivity index (χ2v) is 13.1. The van der Waals surface area contributed by atoms with E-state index >= 15 is 0 Å². The Bertz CT molecular complexity index is 2680. The molecule has 1 aliphatic heterocycles. The minimum atomic E-state index is 0.910. The van der Waals surface area contributed by atoms with Gasteiger partial charge in [0.15, 0.2) is 0 Å². The predicted molar refractivity (Wildman–Crippen MR) is 195 cm³/mol. The van der Waals surface area contributed by atoms with Crippen molar-refractivity contribution in [2.75, 3.05) is 0 Å². The lowest BCUT2D eigenvalue weighted by molar-refractivity contribution is 0.673. The maximum Gasteiger partial charge on any atom is 0.143 e. The van der Waals surface area contributed by atoms with Gasteiger partial charge in [0.25, 0.3) is 0 Å². The summed E-state index contributed by atoms with van der Waals surface area (Å²) in [5, 5.41) is 7.27. The first kappa shape index (κ1) is 25.7. The van der Waals surface area contributed by atoms with Crippen molar-refractivity contribution in [3.05, 3.63) is 158 Å². The Kier molecular flexibility index (Phi) is 5.58. The average molecular weight is 603 g/mol. The molecule has 0 unspecified atom stereocenters. The highest BCUT2D eigenvalue weighted by molar-refractivity contribution is 7.99. The van der Waals surface area contributed by atoms with E-state index in [-0.39, 0.29) is 0 Å². The summed E-state index contributed by atoms with van der Waals surface area (Å²) in [5.41, 5.74) is 11.8. The van der Waals surface area contributed by atoms with Crippen molar-refractivity contribution >= 4 is 55.2 Å². The third kappa shape index (κ3) is 3.71. The fourth-order valence-electron chi connectivity index (χ4n) is 7.50. The number of furan rings is 1. The van der Waals surface area contributed by atoms with Crippen molar-refractivity contribution in [2.45, 2.75) is 9.79 Å². The highest BCUT2D eigenvalue weighted by Crippen LogP contribution is 2.51. The van der Waals surface area contributed by atoms with E-state index in [1.807, 2.05) is 11.8 Å². The van der Waals surface area contributed by atoms with Crippen molar-refractivity contribution in [2.24, 2.45) is 0 Å². The van der Waals surface area contributed by atoms with Gasteiger partial charge in [0.2, 0.25) is 0 Å².